The van der Waals surface area contributed by atoms with Crippen LogP contribution in [0.4, 0.5) is 0 Å². The summed E-state index contributed by atoms with van der Waals surface area (Å²) in [5.41, 5.74) is 0. The maximum atomic E-state index is 11.4. The number of aliphatic hydroxyl groups excluding tert-OH is 1. The third-order valence-corrected chi connectivity index (χ3v) is 2.11. The second-order valence-electron chi connectivity index (χ2n) is 3.50. The molecule has 0 aliphatic rings. The Bertz CT molecular complexity index is 154. The van der Waals surface area contributed by atoms with Crippen molar-refractivity contribution in [2.45, 2.75) is 40.2 Å². The number of aliphatic hydroxyl groups is 1. The Hall–Kier alpha value is -0.570. The highest BCUT2D eigenvalue weighted by atomic mass is 16.5. The van der Waals surface area contributed by atoms with E-state index in [1.54, 1.807) is 6.92 Å². The molecule has 78 valence electrons. The molecule has 3 nitrogen and oxygen atoms in total. The normalized spacial score (nSPS) is 15.5. The van der Waals surface area contributed by atoms with Crippen LogP contribution >= 0.6 is 0 Å². The van der Waals surface area contributed by atoms with Gasteiger partial charge in [-0.1, -0.05) is 20.8 Å². The van der Waals surface area contributed by atoms with E-state index in [0.717, 1.165) is 0 Å². The molecule has 0 saturated heterocycles. The first kappa shape index (κ1) is 12.4. The Morgan fingerprint density at radius 2 is 1.92 bits per heavy atom. The van der Waals surface area contributed by atoms with E-state index in [1.807, 2.05) is 20.8 Å². The van der Waals surface area contributed by atoms with Gasteiger partial charge in [0.05, 0.1) is 18.6 Å². The second kappa shape index (κ2) is 5.97. The van der Waals surface area contributed by atoms with E-state index in [4.69, 9.17) is 4.74 Å². The van der Waals surface area contributed by atoms with E-state index in [2.05, 4.69) is 0 Å². The molecule has 0 aromatic heterocycles. The monoisotopic (exact) mass is 188 g/mol. The van der Waals surface area contributed by atoms with Crippen LogP contribution in [0, 0.1) is 11.8 Å². The number of hydrogen-bond acceptors (Lipinski definition) is 3. The minimum absolute atomic E-state index is 0.119. The van der Waals surface area contributed by atoms with Gasteiger partial charge in [0.1, 0.15) is 0 Å². The molecule has 1 N–H and O–H groups in total. The van der Waals surface area contributed by atoms with Crippen LogP contribution in [0.2, 0.25) is 0 Å². The summed E-state index contributed by atoms with van der Waals surface area (Å²) in [4.78, 5) is 11.4. The van der Waals surface area contributed by atoms with Gasteiger partial charge in [-0.15, -0.1) is 0 Å². The van der Waals surface area contributed by atoms with Crippen LogP contribution in [0.3, 0.4) is 0 Å². The maximum absolute atomic E-state index is 11.4. The zero-order valence-corrected chi connectivity index (χ0v) is 8.91. The SMILES string of the molecule is CCOC(=O)[C@H](C(C)C)[C@H](O)CC. The van der Waals surface area contributed by atoms with Gasteiger partial charge in [-0.25, -0.2) is 0 Å². The number of hydrogen-bond donors (Lipinski definition) is 1. The molecule has 0 aliphatic heterocycles. The predicted octanol–water partition coefficient (Wildman–Crippen LogP) is 1.59. The number of esters is 1. The van der Waals surface area contributed by atoms with Crippen molar-refractivity contribution < 1.29 is 14.6 Å². The van der Waals surface area contributed by atoms with Crippen molar-refractivity contribution in [1.29, 1.82) is 0 Å². The average Bonchev–Trinajstić information content (AvgIpc) is 2.04. The minimum atomic E-state index is -0.584. The zero-order valence-electron chi connectivity index (χ0n) is 8.91. The fourth-order valence-corrected chi connectivity index (χ4v) is 1.37. The second-order valence-corrected chi connectivity index (χ2v) is 3.50. The number of rotatable bonds is 5. The maximum Gasteiger partial charge on any atom is 0.311 e. The Morgan fingerprint density at radius 3 is 2.23 bits per heavy atom. The van der Waals surface area contributed by atoms with Crippen molar-refractivity contribution in [3.8, 4) is 0 Å². The summed E-state index contributed by atoms with van der Waals surface area (Å²) in [6.07, 6.45) is 0.000768. The summed E-state index contributed by atoms with van der Waals surface area (Å²) in [6.45, 7) is 7.84. The molecule has 0 heterocycles. The quantitative estimate of drug-likeness (QED) is 0.666. The third-order valence-electron chi connectivity index (χ3n) is 2.11. The molecule has 0 amide bonds. The van der Waals surface area contributed by atoms with Crippen LogP contribution in [-0.2, 0) is 9.53 Å². The van der Waals surface area contributed by atoms with E-state index >= 15 is 0 Å². The molecular formula is C10H20O3. The summed E-state index contributed by atoms with van der Waals surface area (Å²) in [5.74, 6) is -0.550. The topological polar surface area (TPSA) is 46.5 Å². The van der Waals surface area contributed by atoms with E-state index in [-0.39, 0.29) is 17.8 Å². The molecule has 0 aromatic rings. The van der Waals surface area contributed by atoms with Crippen molar-refractivity contribution in [2.24, 2.45) is 11.8 Å². The van der Waals surface area contributed by atoms with Crippen molar-refractivity contribution in [1.82, 2.24) is 0 Å². The first-order valence-corrected chi connectivity index (χ1v) is 4.89. The van der Waals surface area contributed by atoms with Crippen LogP contribution in [0.1, 0.15) is 34.1 Å². The van der Waals surface area contributed by atoms with Crippen LogP contribution in [-0.4, -0.2) is 23.8 Å². The van der Waals surface area contributed by atoms with Gasteiger partial charge < -0.3 is 9.84 Å². The van der Waals surface area contributed by atoms with Gasteiger partial charge in [-0.05, 0) is 19.3 Å². The summed E-state index contributed by atoms with van der Waals surface area (Å²) < 4.78 is 4.89. The van der Waals surface area contributed by atoms with Crippen LogP contribution in [0.15, 0.2) is 0 Å². The molecule has 0 radical (unpaired) electrons. The molecular weight excluding hydrogens is 168 g/mol. The molecule has 0 fully saturated rings. The third kappa shape index (κ3) is 3.77. The first-order chi connectivity index (χ1) is 6.04. The Kier molecular flexibility index (Phi) is 5.71. The van der Waals surface area contributed by atoms with E-state index in [9.17, 15) is 9.90 Å². The highest BCUT2D eigenvalue weighted by Gasteiger charge is 2.29. The molecule has 2 atom stereocenters. The van der Waals surface area contributed by atoms with Gasteiger partial charge in [-0.3, -0.25) is 4.79 Å². The first-order valence-electron chi connectivity index (χ1n) is 4.89. The number of carbonyl (C=O) groups is 1. The van der Waals surface area contributed by atoms with Crippen LogP contribution in [0.5, 0.6) is 0 Å². The molecule has 0 spiro atoms. The molecule has 0 saturated carbocycles. The van der Waals surface area contributed by atoms with E-state index < -0.39 is 6.10 Å². The fraction of sp³-hybridized carbons (Fsp3) is 0.900. The molecule has 13 heavy (non-hydrogen) atoms. The molecule has 0 unspecified atom stereocenters. The number of ether oxygens (including phenoxy) is 1. The van der Waals surface area contributed by atoms with E-state index in [1.165, 1.54) is 0 Å². The molecule has 0 rings (SSSR count). The van der Waals surface area contributed by atoms with Gasteiger partial charge in [-0.2, -0.15) is 0 Å². The summed E-state index contributed by atoms with van der Waals surface area (Å²) in [6, 6.07) is 0. The predicted molar refractivity (Wildman–Crippen MR) is 51.3 cm³/mol. The summed E-state index contributed by atoms with van der Waals surface area (Å²) in [5, 5.41) is 9.58. The molecule has 3 heteroatoms. The van der Waals surface area contributed by atoms with Gasteiger partial charge >= 0.3 is 5.97 Å². The lowest BCUT2D eigenvalue weighted by molar-refractivity contribution is -0.154. The van der Waals surface area contributed by atoms with Crippen molar-refractivity contribution >= 4 is 5.97 Å². The van der Waals surface area contributed by atoms with Crippen molar-refractivity contribution in [2.75, 3.05) is 6.61 Å². The Balaban J connectivity index is 4.32. The van der Waals surface area contributed by atoms with Gasteiger partial charge in [0.25, 0.3) is 0 Å². The van der Waals surface area contributed by atoms with Gasteiger partial charge in [0.2, 0.25) is 0 Å². The van der Waals surface area contributed by atoms with Gasteiger partial charge in [0, 0.05) is 0 Å². The van der Waals surface area contributed by atoms with Gasteiger partial charge in [0.15, 0.2) is 0 Å². The lowest BCUT2D eigenvalue weighted by atomic mass is 9.89. The van der Waals surface area contributed by atoms with E-state index in [0.29, 0.717) is 13.0 Å². The van der Waals surface area contributed by atoms with Crippen LogP contribution in [0.25, 0.3) is 0 Å². The average molecular weight is 188 g/mol. The highest BCUT2D eigenvalue weighted by molar-refractivity contribution is 5.73. The standard InChI is InChI=1S/C10H20O3/c1-5-8(11)9(7(3)4)10(12)13-6-2/h7-9,11H,5-6H2,1-4H3/t8-,9-/m1/s1. The van der Waals surface area contributed by atoms with Crippen molar-refractivity contribution in [3.05, 3.63) is 0 Å². The Labute approximate surface area is 80.1 Å². The lowest BCUT2D eigenvalue weighted by Gasteiger charge is -2.23. The number of carbonyl (C=O) groups excluding carboxylic acids is 1. The molecule has 0 bridgehead atoms. The van der Waals surface area contributed by atoms with Crippen molar-refractivity contribution in [3.63, 3.8) is 0 Å². The Morgan fingerprint density at radius 1 is 1.38 bits per heavy atom. The van der Waals surface area contributed by atoms with Crippen LogP contribution < -0.4 is 0 Å². The largest absolute Gasteiger partial charge is 0.466 e. The zero-order chi connectivity index (χ0) is 10.4. The molecule has 0 aromatic carbocycles. The smallest absolute Gasteiger partial charge is 0.311 e. The lowest BCUT2D eigenvalue weighted by Crippen LogP contribution is -2.33. The fourth-order valence-electron chi connectivity index (χ4n) is 1.37. The summed E-state index contributed by atoms with van der Waals surface area (Å²) >= 11 is 0. The highest BCUT2D eigenvalue weighted by Crippen LogP contribution is 2.19. The molecule has 0 aliphatic carbocycles. The minimum Gasteiger partial charge on any atom is -0.466 e. The summed E-state index contributed by atoms with van der Waals surface area (Å²) in [7, 11) is 0.